The number of nitrogens with zero attached hydrogens (tertiary/aromatic N) is 2. The summed E-state index contributed by atoms with van der Waals surface area (Å²) >= 11 is -1.29. The number of carbonyl (C=O) groups excluding carboxylic acids is 1. The highest BCUT2D eigenvalue weighted by atomic mass is 32.2. The number of amides is 1. The molecule has 1 aromatic heterocycles. The molecule has 6 nitrogen and oxygen atoms in total. The van der Waals surface area contributed by atoms with Crippen molar-refractivity contribution in [2.75, 3.05) is 13.1 Å². The van der Waals surface area contributed by atoms with Gasteiger partial charge in [-0.05, 0) is 72.4 Å². The van der Waals surface area contributed by atoms with Gasteiger partial charge in [-0.2, -0.15) is 0 Å². The Balaban J connectivity index is 1.81. The quantitative estimate of drug-likeness (QED) is 0.728. The van der Waals surface area contributed by atoms with E-state index in [0.717, 1.165) is 11.3 Å². The molecule has 0 saturated carbocycles. The first-order chi connectivity index (χ1) is 13.3. The van der Waals surface area contributed by atoms with Gasteiger partial charge >= 0.3 is 6.09 Å². The Hall–Kier alpha value is -1.38. The van der Waals surface area contributed by atoms with Crippen LogP contribution in [0.2, 0.25) is 0 Å². The zero-order valence-electron chi connectivity index (χ0n) is 18.2. The fourth-order valence-corrected chi connectivity index (χ4v) is 4.99. The molecule has 0 aromatic carbocycles. The monoisotopic (exact) mass is 425 g/mol. The smallest absolute Gasteiger partial charge is 0.410 e. The number of rotatable bonds is 2. The highest BCUT2D eigenvalue weighted by Crippen LogP contribution is 2.52. The minimum absolute atomic E-state index is 0.237. The van der Waals surface area contributed by atoms with E-state index in [4.69, 9.17) is 4.74 Å². The number of hydrogen-bond donors (Lipinski definition) is 1. The predicted molar refractivity (Wildman–Crippen MR) is 111 cm³/mol. The third-order valence-corrected chi connectivity index (χ3v) is 7.15. The molecular weight excluding hydrogens is 393 g/mol. The number of piperidine rings is 1. The summed E-state index contributed by atoms with van der Waals surface area (Å²) in [7, 11) is 0. The molecule has 1 saturated heterocycles. The first-order valence-corrected chi connectivity index (χ1v) is 11.3. The van der Waals surface area contributed by atoms with Crippen molar-refractivity contribution in [2.45, 2.75) is 77.2 Å². The standard InChI is InChI=1S/C21H32FN3O3S/c1-19(2,3)28-18(26)25-9-7-21(8-10-25)12-14-11-15(22)13-23-16(14)17(21)24-29(27)20(4,5)6/h11,13,17,24H,7-10,12H2,1-6H3/t17?,29-/m1/s1. The van der Waals surface area contributed by atoms with Gasteiger partial charge < -0.3 is 14.2 Å². The second kappa shape index (κ2) is 7.71. The number of hydrogen-bond acceptors (Lipinski definition) is 5. The van der Waals surface area contributed by atoms with Gasteiger partial charge in [0.05, 0.1) is 11.9 Å². The van der Waals surface area contributed by atoms with E-state index < -0.39 is 21.7 Å². The summed E-state index contributed by atoms with van der Waals surface area (Å²) in [6.07, 6.45) is 3.00. The summed E-state index contributed by atoms with van der Waals surface area (Å²) in [5.74, 6) is -0.359. The molecule has 2 atom stereocenters. The Bertz CT molecular complexity index is 767. The second-order valence-corrected chi connectivity index (χ2v) is 12.1. The Morgan fingerprint density at radius 2 is 1.93 bits per heavy atom. The van der Waals surface area contributed by atoms with E-state index in [9.17, 15) is 13.7 Å². The van der Waals surface area contributed by atoms with Gasteiger partial charge in [0, 0.05) is 29.9 Å². The average molecular weight is 426 g/mol. The molecular formula is C21H32FN3O3S. The average Bonchev–Trinajstić information content (AvgIpc) is 2.85. The molecule has 1 unspecified atom stereocenters. The lowest BCUT2D eigenvalue weighted by atomic mass is 9.73. The number of nitrogens with one attached hydrogen (secondary N) is 1. The lowest BCUT2D eigenvalue weighted by Gasteiger charge is -2.43. The molecule has 8 heteroatoms. The number of halogens is 1. The highest BCUT2D eigenvalue weighted by Gasteiger charge is 2.52. The molecule has 2 aliphatic rings. The maximum atomic E-state index is 13.8. The summed E-state index contributed by atoms with van der Waals surface area (Å²) in [4.78, 5) is 18.5. The van der Waals surface area contributed by atoms with Crippen LogP contribution >= 0.6 is 0 Å². The van der Waals surface area contributed by atoms with Crippen molar-refractivity contribution < 1.29 is 18.5 Å². The van der Waals surface area contributed by atoms with Crippen molar-refractivity contribution in [3.63, 3.8) is 0 Å². The largest absolute Gasteiger partial charge is 0.598 e. The number of aromatic nitrogens is 1. The fourth-order valence-electron chi connectivity index (χ4n) is 4.06. The zero-order valence-corrected chi connectivity index (χ0v) is 19.0. The molecule has 1 amide bonds. The third-order valence-electron chi connectivity index (χ3n) is 5.59. The van der Waals surface area contributed by atoms with Crippen molar-refractivity contribution in [1.29, 1.82) is 0 Å². The van der Waals surface area contributed by atoms with Crippen LogP contribution in [0.25, 0.3) is 0 Å². The maximum Gasteiger partial charge on any atom is 0.410 e. The van der Waals surface area contributed by atoms with E-state index in [1.54, 1.807) is 4.90 Å². The fraction of sp³-hybridized carbons (Fsp3) is 0.714. The molecule has 0 radical (unpaired) electrons. The van der Waals surface area contributed by atoms with Crippen LogP contribution < -0.4 is 4.72 Å². The molecule has 29 heavy (non-hydrogen) atoms. The summed E-state index contributed by atoms with van der Waals surface area (Å²) in [6.45, 7) is 12.4. The van der Waals surface area contributed by atoms with Crippen LogP contribution in [0.5, 0.6) is 0 Å². The lowest BCUT2D eigenvalue weighted by molar-refractivity contribution is 0.00705. The highest BCUT2D eigenvalue weighted by molar-refractivity contribution is 7.90. The lowest BCUT2D eigenvalue weighted by Crippen LogP contribution is -2.51. The van der Waals surface area contributed by atoms with Gasteiger partial charge in [-0.15, -0.1) is 4.72 Å². The molecule has 1 aromatic rings. The molecule has 1 aliphatic carbocycles. The van der Waals surface area contributed by atoms with Crippen LogP contribution in [-0.2, 0) is 22.5 Å². The van der Waals surface area contributed by atoms with Gasteiger partial charge in [0.2, 0.25) is 0 Å². The van der Waals surface area contributed by atoms with E-state index in [1.165, 1.54) is 12.3 Å². The zero-order chi connectivity index (χ0) is 21.6. The van der Waals surface area contributed by atoms with Crippen molar-refractivity contribution in [1.82, 2.24) is 14.6 Å². The Morgan fingerprint density at radius 1 is 1.31 bits per heavy atom. The topological polar surface area (TPSA) is 77.5 Å². The molecule has 0 bridgehead atoms. The van der Waals surface area contributed by atoms with E-state index in [1.807, 2.05) is 41.5 Å². The summed E-state index contributed by atoms with van der Waals surface area (Å²) in [6, 6.07) is 1.30. The van der Waals surface area contributed by atoms with Crippen LogP contribution in [0.4, 0.5) is 9.18 Å². The van der Waals surface area contributed by atoms with Crippen molar-refractivity contribution in [3.8, 4) is 0 Å². The van der Waals surface area contributed by atoms with Gasteiger partial charge in [-0.25, -0.2) is 9.18 Å². The number of pyridine rings is 1. The van der Waals surface area contributed by atoms with Gasteiger partial charge in [-0.1, -0.05) is 0 Å². The van der Waals surface area contributed by atoms with E-state index >= 15 is 0 Å². The Morgan fingerprint density at radius 3 is 2.48 bits per heavy atom. The summed E-state index contributed by atoms with van der Waals surface area (Å²) < 4.78 is 35.0. The summed E-state index contributed by atoms with van der Waals surface area (Å²) in [5, 5.41) is 0. The van der Waals surface area contributed by atoms with E-state index in [-0.39, 0.29) is 23.4 Å². The van der Waals surface area contributed by atoms with Crippen LogP contribution in [0.3, 0.4) is 0 Å². The van der Waals surface area contributed by atoms with Crippen LogP contribution in [0.1, 0.15) is 71.7 Å². The maximum absolute atomic E-state index is 13.8. The van der Waals surface area contributed by atoms with E-state index in [2.05, 4.69) is 9.71 Å². The third kappa shape index (κ3) is 4.86. The van der Waals surface area contributed by atoms with Gasteiger partial charge in [0.1, 0.15) is 22.2 Å². The Kier molecular flexibility index (Phi) is 5.93. The predicted octanol–water partition coefficient (Wildman–Crippen LogP) is 3.89. The number of fused-ring (bicyclic) bond motifs is 1. The molecule has 2 heterocycles. The van der Waals surface area contributed by atoms with Gasteiger partial charge in [0.25, 0.3) is 0 Å². The van der Waals surface area contributed by atoms with Crippen LogP contribution in [0, 0.1) is 11.2 Å². The molecule has 162 valence electrons. The summed E-state index contributed by atoms with van der Waals surface area (Å²) in [5.41, 5.74) is 0.849. The van der Waals surface area contributed by atoms with E-state index in [0.29, 0.717) is 32.4 Å². The second-order valence-electron chi connectivity index (χ2n) is 10.1. The van der Waals surface area contributed by atoms with Crippen LogP contribution in [-0.4, -0.2) is 44.0 Å². The normalized spacial score (nSPS) is 22.5. The Labute approximate surface area is 175 Å². The SMILES string of the molecule is CC(C)(C)OC(=O)N1CCC2(CC1)Cc1cc(F)cnc1C2N[S@+]([O-])C(C)(C)C. The number of ether oxygens (including phenoxy) is 1. The molecule has 1 aliphatic heterocycles. The van der Waals surface area contributed by atoms with Gasteiger partial charge in [-0.3, -0.25) is 4.98 Å². The van der Waals surface area contributed by atoms with Crippen molar-refractivity contribution in [3.05, 3.63) is 29.3 Å². The first kappa shape index (κ1) is 22.3. The molecule has 3 rings (SSSR count). The first-order valence-electron chi connectivity index (χ1n) is 10.1. The minimum Gasteiger partial charge on any atom is -0.598 e. The van der Waals surface area contributed by atoms with Crippen molar-refractivity contribution in [2.24, 2.45) is 5.41 Å². The number of likely N-dealkylation sites (tertiary alicyclic amines) is 1. The van der Waals surface area contributed by atoms with Crippen LogP contribution in [0.15, 0.2) is 12.3 Å². The molecule has 1 fully saturated rings. The molecule has 1 N–H and O–H groups in total. The minimum atomic E-state index is -1.29. The van der Waals surface area contributed by atoms with Crippen molar-refractivity contribution >= 4 is 17.5 Å². The number of carbonyl (C=O) groups is 1. The molecule has 1 spiro atoms. The van der Waals surface area contributed by atoms with Gasteiger partial charge in [0.15, 0.2) is 0 Å².